The van der Waals surface area contributed by atoms with Crippen molar-refractivity contribution in [1.82, 2.24) is 5.32 Å². The Kier molecular flexibility index (Phi) is 9.26. The predicted octanol–water partition coefficient (Wildman–Crippen LogP) is 1.99. The Labute approximate surface area is 206 Å². The van der Waals surface area contributed by atoms with E-state index < -0.39 is 47.0 Å². The van der Waals surface area contributed by atoms with Gasteiger partial charge in [0.25, 0.3) is 0 Å². The average Bonchev–Trinajstić information content (AvgIpc) is 3.10. The largest absolute Gasteiger partial charge is 0.481 e. The summed E-state index contributed by atoms with van der Waals surface area (Å²) in [5, 5.41) is 44.3. The highest BCUT2D eigenvalue weighted by Gasteiger charge is 2.66. The van der Waals surface area contributed by atoms with Crippen LogP contribution in [0.1, 0.15) is 77.6 Å². The number of carbonyl (C=O) groups excluding carboxylic acids is 2. The molecule has 196 valence electrons. The van der Waals surface area contributed by atoms with Crippen molar-refractivity contribution >= 4 is 17.5 Å². The number of hydrogen-bond acceptors (Lipinski definition) is 8. The second-order valence-corrected chi connectivity index (χ2v) is 10.1. The van der Waals surface area contributed by atoms with Crippen LogP contribution >= 0.6 is 0 Å². The summed E-state index contributed by atoms with van der Waals surface area (Å²) < 4.78 is 5.87. The smallest absolute Gasteiger partial charge is 0.303 e. The van der Waals surface area contributed by atoms with E-state index >= 15 is 0 Å². The Morgan fingerprint density at radius 2 is 1.94 bits per heavy atom. The number of hydrogen-bond donors (Lipinski definition) is 5. The van der Waals surface area contributed by atoms with Crippen molar-refractivity contribution in [2.75, 3.05) is 6.54 Å². The van der Waals surface area contributed by atoms with Gasteiger partial charge in [-0.15, -0.1) is 0 Å². The van der Waals surface area contributed by atoms with Gasteiger partial charge in [-0.3, -0.25) is 14.4 Å². The molecule has 0 aromatic rings. The molecule has 2 saturated heterocycles. The van der Waals surface area contributed by atoms with Crippen LogP contribution in [0.25, 0.3) is 0 Å². The summed E-state index contributed by atoms with van der Waals surface area (Å²) in [5.74, 6) is -4.29. The van der Waals surface area contributed by atoms with Gasteiger partial charge in [0.2, 0.25) is 11.6 Å². The fraction of sp³-hybridized carbons (Fsp3) is 0.731. The molecule has 2 bridgehead atoms. The maximum Gasteiger partial charge on any atom is 0.303 e. The Balaban J connectivity index is 1.66. The van der Waals surface area contributed by atoms with Gasteiger partial charge in [0.05, 0.1) is 12.2 Å². The molecule has 0 saturated carbocycles. The van der Waals surface area contributed by atoms with Gasteiger partial charge in [-0.25, -0.2) is 0 Å². The molecular weight excluding hydrogens is 454 g/mol. The first-order valence-corrected chi connectivity index (χ1v) is 12.8. The molecule has 3 rings (SSSR count). The lowest BCUT2D eigenvalue weighted by Gasteiger charge is -2.54. The first kappa shape index (κ1) is 27.5. The number of fused-ring (bicyclic) bond motifs is 1. The molecule has 1 aliphatic carbocycles. The van der Waals surface area contributed by atoms with Gasteiger partial charge in [0, 0.05) is 48.9 Å². The van der Waals surface area contributed by atoms with Crippen molar-refractivity contribution in [3.05, 3.63) is 23.9 Å². The van der Waals surface area contributed by atoms with Crippen LogP contribution in [0.5, 0.6) is 0 Å². The Bertz CT molecular complexity index is 854. The second kappa shape index (κ2) is 11.8. The van der Waals surface area contributed by atoms with Crippen molar-refractivity contribution in [3.8, 4) is 0 Å². The third kappa shape index (κ3) is 6.02. The van der Waals surface area contributed by atoms with E-state index in [9.17, 15) is 29.7 Å². The molecule has 0 aromatic heterocycles. The zero-order chi connectivity index (χ0) is 25.6. The van der Waals surface area contributed by atoms with Crippen molar-refractivity contribution in [2.45, 2.75) is 102 Å². The number of aliphatic carboxylic acids is 1. The van der Waals surface area contributed by atoms with Crippen LogP contribution in [-0.2, 0) is 19.1 Å². The standard InChI is InChI=1S/C26H39NO8/c1-2-3-7-10-17-20(13-19(29)18(28)11-8-5-4-6-9-12-24(32)33)35-26(34)16-25(17)21(14-22(26)30)27-15-23(25)31/h3,7,14,17-18,20,23,27-28,31,34H,2,4-6,8-13,15-16H2,1H3,(H,32,33)/b7-3-/t17-,18+,20+,23+,25?,26-/m1/s1. The third-order valence-electron chi connectivity index (χ3n) is 7.67. The summed E-state index contributed by atoms with van der Waals surface area (Å²) >= 11 is 0. The van der Waals surface area contributed by atoms with Crippen molar-refractivity contribution in [2.24, 2.45) is 11.3 Å². The number of Topliss-reactive ketones (excluding diaryl/α,β-unsaturated/α-hetero) is 1. The fourth-order valence-electron chi connectivity index (χ4n) is 5.80. The summed E-state index contributed by atoms with van der Waals surface area (Å²) in [6, 6.07) is 0. The lowest BCUT2D eigenvalue weighted by Crippen LogP contribution is -2.63. The molecule has 2 fully saturated rings. The lowest BCUT2D eigenvalue weighted by atomic mass is 9.58. The van der Waals surface area contributed by atoms with Crippen LogP contribution in [-0.4, -0.2) is 68.6 Å². The number of unbranched alkanes of at least 4 members (excludes halogenated alkanes) is 4. The number of rotatable bonds is 14. The number of aliphatic hydroxyl groups is 3. The molecule has 1 unspecified atom stereocenters. The van der Waals surface area contributed by atoms with E-state index in [4.69, 9.17) is 9.84 Å². The number of carboxylic acids is 1. The highest BCUT2D eigenvalue weighted by Crippen LogP contribution is 2.57. The minimum Gasteiger partial charge on any atom is -0.481 e. The van der Waals surface area contributed by atoms with E-state index in [0.29, 0.717) is 25.0 Å². The Hall–Kier alpha value is -2.07. The van der Waals surface area contributed by atoms with Gasteiger partial charge in [-0.2, -0.15) is 0 Å². The highest BCUT2D eigenvalue weighted by molar-refractivity contribution is 5.98. The monoisotopic (exact) mass is 493 g/mol. The molecule has 9 nitrogen and oxygen atoms in total. The Morgan fingerprint density at radius 3 is 2.66 bits per heavy atom. The number of aliphatic hydroxyl groups excluding tert-OH is 2. The highest BCUT2D eigenvalue weighted by atomic mass is 16.6. The average molecular weight is 494 g/mol. The molecule has 3 aliphatic rings. The normalized spacial score (nSPS) is 32.7. The van der Waals surface area contributed by atoms with Gasteiger partial charge in [0.15, 0.2) is 5.78 Å². The number of carboxylic acid groups (broad SMARTS) is 1. The topological polar surface area (TPSA) is 153 Å². The summed E-state index contributed by atoms with van der Waals surface area (Å²) in [7, 11) is 0. The Morgan fingerprint density at radius 1 is 1.23 bits per heavy atom. The van der Waals surface area contributed by atoms with E-state index in [1.807, 2.05) is 19.1 Å². The minimum atomic E-state index is -2.10. The lowest BCUT2D eigenvalue weighted by molar-refractivity contribution is -0.286. The molecule has 0 amide bonds. The maximum absolute atomic E-state index is 12.9. The van der Waals surface area contributed by atoms with Crippen LogP contribution in [0.4, 0.5) is 0 Å². The summed E-state index contributed by atoms with van der Waals surface area (Å²) in [6.07, 6.45) is 7.61. The molecule has 2 aliphatic heterocycles. The maximum atomic E-state index is 12.9. The molecule has 1 spiro atoms. The zero-order valence-corrected chi connectivity index (χ0v) is 20.4. The van der Waals surface area contributed by atoms with Crippen molar-refractivity contribution < 1.29 is 39.5 Å². The van der Waals surface area contributed by atoms with Crippen LogP contribution in [0.3, 0.4) is 0 Å². The molecule has 9 heteroatoms. The molecule has 35 heavy (non-hydrogen) atoms. The molecular formula is C26H39NO8. The van der Waals surface area contributed by atoms with Gasteiger partial charge < -0.3 is 30.5 Å². The fourth-order valence-corrected chi connectivity index (χ4v) is 5.80. The summed E-state index contributed by atoms with van der Waals surface area (Å²) in [5.41, 5.74) is -0.344. The van der Waals surface area contributed by atoms with E-state index in [1.165, 1.54) is 6.08 Å². The van der Waals surface area contributed by atoms with E-state index in [1.54, 1.807) is 0 Å². The van der Waals surface area contributed by atoms with Crippen LogP contribution in [0.15, 0.2) is 23.9 Å². The van der Waals surface area contributed by atoms with Crippen LogP contribution in [0, 0.1) is 11.3 Å². The van der Waals surface area contributed by atoms with Crippen LogP contribution in [0.2, 0.25) is 0 Å². The first-order chi connectivity index (χ1) is 16.6. The van der Waals surface area contributed by atoms with E-state index in [2.05, 4.69) is 5.32 Å². The number of ketones is 2. The van der Waals surface area contributed by atoms with Gasteiger partial charge in [-0.05, 0) is 25.7 Å². The summed E-state index contributed by atoms with van der Waals surface area (Å²) in [4.78, 5) is 36.1. The molecule has 5 N–H and O–H groups in total. The van der Waals surface area contributed by atoms with Crippen molar-refractivity contribution in [3.63, 3.8) is 0 Å². The van der Waals surface area contributed by atoms with Crippen molar-refractivity contribution in [1.29, 1.82) is 0 Å². The van der Waals surface area contributed by atoms with Crippen LogP contribution < -0.4 is 5.32 Å². The number of allylic oxidation sites excluding steroid dienone is 2. The number of β-amino-alcohol motifs (C(OH)–C–C–N with tert-alkyl or cyclic N) is 1. The quantitative estimate of drug-likeness (QED) is 0.181. The molecule has 0 aromatic carbocycles. The van der Waals surface area contributed by atoms with E-state index in [-0.39, 0.29) is 38.1 Å². The summed E-state index contributed by atoms with van der Waals surface area (Å²) in [6.45, 7) is 2.25. The van der Waals surface area contributed by atoms with Gasteiger partial charge in [0.1, 0.15) is 6.10 Å². The molecule has 0 radical (unpaired) electrons. The first-order valence-electron chi connectivity index (χ1n) is 12.8. The minimum absolute atomic E-state index is 0.0708. The molecule has 2 heterocycles. The third-order valence-corrected chi connectivity index (χ3v) is 7.67. The number of carbonyl (C=O) groups is 3. The predicted molar refractivity (Wildman–Crippen MR) is 127 cm³/mol. The number of ether oxygens (including phenoxy) is 1. The number of nitrogens with one attached hydrogen (secondary N) is 1. The van der Waals surface area contributed by atoms with E-state index in [0.717, 1.165) is 25.7 Å². The molecule has 6 atom stereocenters. The van der Waals surface area contributed by atoms with Gasteiger partial charge >= 0.3 is 5.97 Å². The zero-order valence-electron chi connectivity index (χ0n) is 20.4. The SMILES string of the molecule is CC/C=C\C[C@@H]1[C@H](CC(=O)[C@@H](O)CCCCCCCC(=O)O)O[C@]2(O)CC13C(=CC2=O)NC[C@@H]3O. The second-order valence-electron chi connectivity index (χ2n) is 10.1. The van der Waals surface area contributed by atoms with Gasteiger partial charge in [-0.1, -0.05) is 44.8 Å².